The Bertz CT molecular complexity index is 596. The summed E-state index contributed by atoms with van der Waals surface area (Å²) in [5.74, 6) is -1.43. The molecular formula is C14H12FNO2. The molecule has 0 fully saturated rings. The first kappa shape index (κ1) is 12.1. The minimum absolute atomic E-state index is 0.0413. The van der Waals surface area contributed by atoms with Crippen LogP contribution in [0.3, 0.4) is 0 Å². The van der Waals surface area contributed by atoms with E-state index in [1.54, 1.807) is 12.1 Å². The number of carbonyl (C=O) groups excluding carboxylic acids is 1. The van der Waals surface area contributed by atoms with Crippen molar-refractivity contribution in [2.45, 2.75) is 6.92 Å². The van der Waals surface area contributed by atoms with Gasteiger partial charge in [0.1, 0.15) is 11.6 Å². The second-order valence-corrected chi connectivity index (χ2v) is 3.93. The molecule has 92 valence electrons. The fraction of sp³-hybridized carbons (Fsp3) is 0.0714. The number of aryl methyl sites for hydroxylation is 1. The van der Waals surface area contributed by atoms with Gasteiger partial charge < -0.3 is 10.4 Å². The lowest BCUT2D eigenvalue weighted by atomic mass is 10.1. The van der Waals surface area contributed by atoms with Crippen molar-refractivity contribution in [1.29, 1.82) is 0 Å². The van der Waals surface area contributed by atoms with Crippen molar-refractivity contribution in [3.63, 3.8) is 0 Å². The number of halogens is 1. The Hall–Kier alpha value is -2.36. The summed E-state index contributed by atoms with van der Waals surface area (Å²) < 4.78 is 12.8. The van der Waals surface area contributed by atoms with Crippen LogP contribution in [0.25, 0.3) is 0 Å². The summed E-state index contributed by atoms with van der Waals surface area (Å²) in [6.45, 7) is 1.86. The van der Waals surface area contributed by atoms with E-state index in [0.717, 1.165) is 17.7 Å². The van der Waals surface area contributed by atoms with Crippen molar-refractivity contribution in [3.05, 3.63) is 59.4 Å². The summed E-state index contributed by atoms with van der Waals surface area (Å²) in [4.78, 5) is 11.9. The van der Waals surface area contributed by atoms with Crippen LogP contribution in [0, 0.1) is 12.7 Å². The van der Waals surface area contributed by atoms with Gasteiger partial charge in [0.2, 0.25) is 0 Å². The third-order valence-electron chi connectivity index (χ3n) is 2.60. The molecule has 2 aromatic rings. The zero-order valence-electron chi connectivity index (χ0n) is 9.77. The number of nitrogens with one attached hydrogen (secondary N) is 1. The van der Waals surface area contributed by atoms with E-state index in [1.165, 1.54) is 6.07 Å². The third-order valence-corrected chi connectivity index (χ3v) is 2.60. The second-order valence-electron chi connectivity index (χ2n) is 3.93. The number of phenols is 1. The topological polar surface area (TPSA) is 49.3 Å². The number of phenolic OH excluding ortho intramolecular Hbond substituents is 1. The van der Waals surface area contributed by atoms with Crippen LogP contribution >= 0.6 is 0 Å². The first-order valence-corrected chi connectivity index (χ1v) is 5.43. The highest BCUT2D eigenvalue weighted by Gasteiger charge is 2.12. The molecule has 2 rings (SSSR count). The van der Waals surface area contributed by atoms with E-state index in [4.69, 9.17) is 0 Å². The Morgan fingerprint density at radius 1 is 1.22 bits per heavy atom. The molecule has 0 spiro atoms. The fourth-order valence-corrected chi connectivity index (χ4v) is 1.60. The van der Waals surface area contributed by atoms with E-state index >= 15 is 0 Å². The SMILES string of the molecule is Cc1ccccc1NC(=O)c1ccc(F)cc1O. The number of hydrogen-bond donors (Lipinski definition) is 2. The molecule has 18 heavy (non-hydrogen) atoms. The van der Waals surface area contributed by atoms with Crippen LogP contribution in [0.5, 0.6) is 5.75 Å². The van der Waals surface area contributed by atoms with E-state index in [0.29, 0.717) is 5.69 Å². The van der Waals surface area contributed by atoms with Crippen LogP contribution < -0.4 is 5.32 Å². The number of anilines is 1. The molecule has 0 radical (unpaired) electrons. The molecule has 0 unspecified atom stereocenters. The Kier molecular flexibility index (Phi) is 3.28. The molecule has 0 aliphatic carbocycles. The number of amides is 1. The average Bonchev–Trinajstić information content (AvgIpc) is 2.32. The Balaban J connectivity index is 2.25. The van der Waals surface area contributed by atoms with Gasteiger partial charge in [-0.25, -0.2) is 4.39 Å². The third kappa shape index (κ3) is 2.48. The average molecular weight is 245 g/mol. The summed E-state index contributed by atoms with van der Waals surface area (Å²) in [5.41, 5.74) is 1.61. The van der Waals surface area contributed by atoms with Gasteiger partial charge in [0.25, 0.3) is 5.91 Å². The molecular weight excluding hydrogens is 233 g/mol. The number of para-hydroxylation sites is 1. The maximum Gasteiger partial charge on any atom is 0.259 e. The van der Waals surface area contributed by atoms with Crippen molar-refractivity contribution in [2.75, 3.05) is 5.32 Å². The number of rotatable bonds is 2. The summed E-state index contributed by atoms with van der Waals surface area (Å²) in [5, 5.41) is 12.2. The summed E-state index contributed by atoms with van der Waals surface area (Å²) in [6.07, 6.45) is 0. The van der Waals surface area contributed by atoms with Gasteiger partial charge in [0.15, 0.2) is 0 Å². The van der Waals surface area contributed by atoms with Gasteiger partial charge in [-0.05, 0) is 30.7 Å². The predicted molar refractivity (Wildman–Crippen MR) is 67.2 cm³/mol. The normalized spacial score (nSPS) is 10.1. The summed E-state index contributed by atoms with van der Waals surface area (Å²) >= 11 is 0. The number of benzene rings is 2. The zero-order chi connectivity index (χ0) is 13.1. The summed E-state index contributed by atoms with van der Waals surface area (Å²) in [6, 6.07) is 10.6. The molecule has 3 nitrogen and oxygen atoms in total. The van der Waals surface area contributed by atoms with Gasteiger partial charge in [0, 0.05) is 11.8 Å². The molecule has 0 bridgehead atoms. The van der Waals surface area contributed by atoms with Gasteiger partial charge >= 0.3 is 0 Å². The molecule has 0 saturated heterocycles. The van der Waals surface area contributed by atoms with Gasteiger partial charge in [-0.15, -0.1) is 0 Å². The molecule has 0 aliphatic rings. The van der Waals surface area contributed by atoms with Crippen LogP contribution in [0.4, 0.5) is 10.1 Å². The molecule has 0 aromatic heterocycles. The highest BCUT2D eigenvalue weighted by atomic mass is 19.1. The molecule has 2 aromatic carbocycles. The zero-order valence-corrected chi connectivity index (χ0v) is 9.77. The monoisotopic (exact) mass is 245 g/mol. The largest absolute Gasteiger partial charge is 0.507 e. The van der Waals surface area contributed by atoms with Crippen molar-refractivity contribution in [1.82, 2.24) is 0 Å². The maximum absolute atomic E-state index is 12.8. The van der Waals surface area contributed by atoms with Crippen LogP contribution in [-0.2, 0) is 0 Å². The van der Waals surface area contributed by atoms with Gasteiger partial charge in [0.05, 0.1) is 5.56 Å². The van der Waals surface area contributed by atoms with Crippen molar-refractivity contribution in [3.8, 4) is 5.75 Å². The van der Waals surface area contributed by atoms with E-state index in [2.05, 4.69) is 5.32 Å². The van der Waals surface area contributed by atoms with Gasteiger partial charge in [-0.2, -0.15) is 0 Å². The van der Waals surface area contributed by atoms with E-state index in [9.17, 15) is 14.3 Å². The first-order valence-electron chi connectivity index (χ1n) is 5.43. The van der Waals surface area contributed by atoms with Crippen molar-refractivity contribution < 1.29 is 14.3 Å². The minimum atomic E-state index is -0.583. The lowest BCUT2D eigenvalue weighted by Gasteiger charge is -2.09. The van der Waals surface area contributed by atoms with Crippen LogP contribution in [0.2, 0.25) is 0 Å². The van der Waals surface area contributed by atoms with Crippen LogP contribution in [0.15, 0.2) is 42.5 Å². The predicted octanol–water partition coefficient (Wildman–Crippen LogP) is 3.09. The first-order chi connectivity index (χ1) is 8.58. The smallest absolute Gasteiger partial charge is 0.259 e. The highest BCUT2D eigenvalue weighted by molar-refractivity contribution is 6.06. The van der Waals surface area contributed by atoms with E-state index < -0.39 is 11.7 Å². The number of hydrogen-bond acceptors (Lipinski definition) is 2. The van der Waals surface area contributed by atoms with Crippen LogP contribution in [-0.4, -0.2) is 11.0 Å². The van der Waals surface area contributed by atoms with Crippen molar-refractivity contribution >= 4 is 11.6 Å². The standard InChI is InChI=1S/C14H12FNO2/c1-9-4-2-3-5-12(9)16-14(18)11-7-6-10(15)8-13(11)17/h2-8,17H,1H3,(H,16,18). The molecule has 1 amide bonds. The Labute approximate surface area is 104 Å². The summed E-state index contributed by atoms with van der Waals surface area (Å²) in [7, 11) is 0. The minimum Gasteiger partial charge on any atom is -0.507 e. The quantitative estimate of drug-likeness (QED) is 0.854. The lowest BCUT2D eigenvalue weighted by Crippen LogP contribution is -2.12. The fourth-order valence-electron chi connectivity index (χ4n) is 1.60. The maximum atomic E-state index is 12.8. The Morgan fingerprint density at radius 3 is 2.61 bits per heavy atom. The van der Waals surface area contributed by atoms with E-state index in [1.807, 2.05) is 19.1 Å². The second kappa shape index (κ2) is 4.87. The Morgan fingerprint density at radius 2 is 1.94 bits per heavy atom. The number of aromatic hydroxyl groups is 1. The molecule has 0 saturated carbocycles. The van der Waals surface area contributed by atoms with Gasteiger partial charge in [-0.3, -0.25) is 4.79 Å². The lowest BCUT2D eigenvalue weighted by molar-refractivity contribution is 0.102. The number of carbonyl (C=O) groups is 1. The van der Waals surface area contributed by atoms with E-state index in [-0.39, 0.29) is 11.3 Å². The molecule has 0 atom stereocenters. The molecule has 0 heterocycles. The van der Waals surface area contributed by atoms with Crippen molar-refractivity contribution in [2.24, 2.45) is 0 Å². The molecule has 2 N–H and O–H groups in total. The van der Waals surface area contributed by atoms with Crippen LogP contribution in [0.1, 0.15) is 15.9 Å². The van der Waals surface area contributed by atoms with Gasteiger partial charge in [-0.1, -0.05) is 18.2 Å². The molecule has 0 aliphatic heterocycles. The highest BCUT2D eigenvalue weighted by Crippen LogP contribution is 2.20. The molecule has 4 heteroatoms.